The molecule has 0 spiro atoms. The minimum Gasteiger partial charge on any atom is -0.480 e. The maximum absolute atomic E-state index is 13.2. The second-order valence-corrected chi connectivity index (χ2v) is 3.88. The Bertz CT molecular complexity index is 417. The van der Waals surface area contributed by atoms with Gasteiger partial charge in [-0.05, 0) is 35.2 Å². The zero-order valence-electron chi connectivity index (χ0n) is 8.66. The molecule has 16 heavy (non-hydrogen) atoms. The van der Waals surface area contributed by atoms with Crippen LogP contribution in [0.4, 0.5) is 4.39 Å². The van der Waals surface area contributed by atoms with Gasteiger partial charge in [-0.1, -0.05) is 0 Å². The van der Waals surface area contributed by atoms with Crippen LogP contribution in [0.3, 0.4) is 0 Å². The van der Waals surface area contributed by atoms with E-state index in [9.17, 15) is 9.18 Å². The molecular formula is C11H13FN2O2. The molecule has 0 fully saturated rings. The van der Waals surface area contributed by atoms with Gasteiger partial charge in [0.25, 0.3) is 0 Å². The van der Waals surface area contributed by atoms with Gasteiger partial charge in [-0.2, -0.15) is 0 Å². The number of carboxylic acids is 1. The fraction of sp³-hybridized carbons (Fsp3) is 0.364. The third kappa shape index (κ3) is 1.91. The smallest absolute Gasteiger partial charge is 0.321 e. The fourth-order valence-corrected chi connectivity index (χ4v) is 2.04. The minimum atomic E-state index is -0.891. The summed E-state index contributed by atoms with van der Waals surface area (Å²) in [6, 6.07) is 2.20. The number of nitrogens with two attached hydrogens (primary N) is 1. The first kappa shape index (κ1) is 11.0. The van der Waals surface area contributed by atoms with Crippen molar-refractivity contribution >= 4 is 5.97 Å². The number of halogens is 1. The molecule has 0 radical (unpaired) electrons. The first-order valence-corrected chi connectivity index (χ1v) is 5.08. The summed E-state index contributed by atoms with van der Waals surface area (Å²) >= 11 is 0. The van der Waals surface area contributed by atoms with Gasteiger partial charge in [0, 0.05) is 13.1 Å². The highest BCUT2D eigenvalue weighted by molar-refractivity contribution is 5.74. The van der Waals surface area contributed by atoms with Crippen LogP contribution in [0.15, 0.2) is 12.1 Å². The lowest BCUT2D eigenvalue weighted by Crippen LogP contribution is -2.42. The van der Waals surface area contributed by atoms with Crippen LogP contribution < -0.4 is 11.1 Å². The average Bonchev–Trinajstić information content (AvgIpc) is 2.27. The van der Waals surface area contributed by atoms with Gasteiger partial charge in [-0.25, -0.2) is 4.39 Å². The number of hydrogen-bond donors (Lipinski definition) is 3. The van der Waals surface area contributed by atoms with Crippen molar-refractivity contribution in [2.75, 3.05) is 0 Å². The van der Waals surface area contributed by atoms with Crippen LogP contribution in [-0.4, -0.2) is 17.1 Å². The molecule has 4 nitrogen and oxygen atoms in total. The molecule has 0 amide bonds. The van der Waals surface area contributed by atoms with Gasteiger partial charge in [0.2, 0.25) is 0 Å². The number of rotatable bonds is 2. The Morgan fingerprint density at radius 2 is 2.38 bits per heavy atom. The van der Waals surface area contributed by atoms with Crippen LogP contribution in [0.5, 0.6) is 0 Å². The van der Waals surface area contributed by atoms with E-state index in [1.807, 2.05) is 0 Å². The van der Waals surface area contributed by atoms with Gasteiger partial charge in [-0.15, -0.1) is 0 Å². The summed E-state index contributed by atoms with van der Waals surface area (Å²) in [6.07, 6.45) is 0.359. The van der Waals surface area contributed by atoms with Gasteiger partial charge in [0.1, 0.15) is 11.9 Å². The van der Waals surface area contributed by atoms with Gasteiger partial charge in [0.15, 0.2) is 0 Å². The summed E-state index contributed by atoms with van der Waals surface area (Å²) < 4.78 is 13.2. The summed E-state index contributed by atoms with van der Waals surface area (Å²) in [5.41, 5.74) is 7.90. The quantitative estimate of drug-likeness (QED) is 0.679. The molecule has 1 aliphatic rings. The van der Waals surface area contributed by atoms with Crippen molar-refractivity contribution < 1.29 is 14.3 Å². The Morgan fingerprint density at radius 3 is 3.00 bits per heavy atom. The van der Waals surface area contributed by atoms with Crippen molar-refractivity contribution in [1.82, 2.24) is 5.32 Å². The van der Waals surface area contributed by atoms with Crippen LogP contribution in [0, 0.1) is 5.82 Å². The molecule has 1 atom stereocenters. The molecule has 5 heteroatoms. The molecule has 1 aromatic carbocycles. The first-order valence-electron chi connectivity index (χ1n) is 5.08. The van der Waals surface area contributed by atoms with E-state index < -0.39 is 12.0 Å². The molecule has 0 bridgehead atoms. The Balaban J connectivity index is 2.39. The van der Waals surface area contributed by atoms with E-state index in [2.05, 4.69) is 5.32 Å². The molecule has 4 N–H and O–H groups in total. The lowest BCUT2D eigenvalue weighted by atomic mass is 9.91. The standard InChI is InChI=1S/C11H13FN2O2/c12-8-1-6(4-13)9-3-10(11(15)16)14-5-7(9)2-8/h1-2,10,14H,3-5,13H2,(H,15,16). The van der Waals surface area contributed by atoms with Crippen molar-refractivity contribution in [2.24, 2.45) is 5.73 Å². The summed E-state index contributed by atoms with van der Waals surface area (Å²) in [5, 5.41) is 11.8. The van der Waals surface area contributed by atoms with Crippen LogP contribution in [-0.2, 0) is 24.3 Å². The molecule has 0 aliphatic carbocycles. The predicted molar refractivity (Wildman–Crippen MR) is 56.3 cm³/mol. The monoisotopic (exact) mass is 224 g/mol. The molecule has 2 rings (SSSR count). The predicted octanol–water partition coefficient (Wildman–Crippen LogP) is 0.383. The maximum atomic E-state index is 13.2. The highest BCUT2D eigenvalue weighted by Crippen LogP contribution is 2.22. The normalized spacial score (nSPS) is 19.2. The van der Waals surface area contributed by atoms with Gasteiger partial charge in [-0.3, -0.25) is 4.79 Å². The largest absolute Gasteiger partial charge is 0.480 e. The summed E-state index contributed by atoms with van der Waals surface area (Å²) in [6.45, 7) is 0.601. The van der Waals surface area contributed by atoms with Crippen LogP contribution >= 0.6 is 0 Å². The minimum absolute atomic E-state index is 0.229. The lowest BCUT2D eigenvalue weighted by Gasteiger charge is -2.25. The van der Waals surface area contributed by atoms with Crippen molar-refractivity contribution in [2.45, 2.75) is 25.6 Å². The van der Waals surface area contributed by atoms with E-state index in [-0.39, 0.29) is 12.4 Å². The molecule has 1 aromatic rings. The van der Waals surface area contributed by atoms with Crippen molar-refractivity contribution in [3.8, 4) is 0 Å². The van der Waals surface area contributed by atoms with Gasteiger partial charge >= 0.3 is 5.97 Å². The van der Waals surface area contributed by atoms with Crippen molar-refractivity contribution in [3.63, 3.8) is 0 Å². The Morgan fingerprint density at radius 1 is 1.62 bits per heavy atom. The van der Waals surface area contributed by atoms with Gasteiger partial charge < -0.3 is 16.2 Å². The zero-order chi connectivity index (χ0) is 11.7. The number of carboxylic acid groups (broad SMARTS) is 1. The number of aliphatic carboxylic acids is 1. The van der Waals surface area contributed by atoms with Crippen LogP contribution in [0.2, 0.25) is 0 Å². The van der Waals surface area contributed by atoms with Crippen molar-refractivity contribution in [3.05, 3.63) is 34.6 Å². The lowest BCUT2D eigenvalue weighted by molar-refractivity contribution is -0.139. The summed E-state index contributed by atoms with van der Waals surface area (Å²) in [4.78, 5) is 10.9. The third-order valence-corrected chi connectivity index (χ3v) is 2.86. The molecule has 1 unspecified atom stereocenters. The van der Waals surface area contributed by atoms with Gasteiger partial charge in [0.05, 0.1) is 0 Å². The Hall–Kier alpha value is -1.46. The van der Waals surface area contributed by atoms with E-state index in [0.29, 0.717) is 18.5 Å². The van der Waals surface area contributed by atoms with E-state index in [4.69, 9.17) is 10.8 Å². The number of carbonyl (C=O) groups is 1. The zero-order valence-corrected chi connectivity index (χ0v) is 8.66. The van der Waals surface area contributed by atoms with E-state index in [0.717, 1.165) is 11.1 Å². The summed E-state index contributed by atoms with van der Waals surface area (Å²) in [7, 11) is 0. The highest BCUT2D eigenvalue weighted by atomic mass is 19.1. The summed E-state index contributed by atoms with van der Waals surface area (Å²) in [5.74, 6) is -1.22. The molecule has 1 heterocycles. The van der Waals surface area contributed by atoms with E-state index in [1.165, 1.54) is 12.1 Å². The fourth-order valence-electron chi connectivity index (χ4n) is 2.04. The number of nitrogens with one attached hydrogen (secondary N) is 1. The SMILES string of the molecule is NCc1cc(F)cc2c1CC(C(=O)O)NC2. The average molecular weight is 224 g/mol. The molecule has 86 valence electrons. The second-order valence-electron chi connectivity index (χ2n) is 3.88. The Kier molecular flexibility index (Phi) is 2.89. The highest BCUT2D eigenvalue weighted by Gasteiger charge is 2.25. The van der Waals surface area contributed by atoms with Crippen molar-refractivity contribution in [1.29, 1.82) is 0 Å². The number of fused-ring (bicyclic) bond motifs is 1. The molecular weight excluding hydrogens is 211 g/mol. The Labute approximate surface area is 92.3 Å². The topological polar surface area (TPSA) is 75.4 Å². The molecule has 0 saturated carbocycles. The molecule has 1 aliphatic heterocycles. The maximum Gasteiger partial charge on any atom is 0.321 e. The molecule has 0 saturated heterocycles. The molecule has 0 aromatic heterocycles. The number of hydrogen-bond acceptors (Lipinski definition) is 3. The second kappa shape index (κ2) is 4.19. The first-order chi connectivity index (χ1) is 7.61. The van der Waals surface area contributed by atoms with Crippen LogP contribution in [0.25, 0.3) is 0 Å². The third-order valence-electron chi connectivity index (χ3n) is 2.86. The number of benzene rings is 1. The van der Waals surface area contributed by atoms with E-state index >= 15 is 0 Å². The van der Waals surface area contributed by atoms with Crippen LogP contribution in [0.1, 0.15) is 16.7 Å². The van der Waals surface area contributed by atoms with E-state index in [1.54, 1.807) is 0 Å².